The lowest BCUT2D eigenvalue weighted by Gasteiger charge is -2.13. The van der Waals surface area contributed by atoms with Crippen molar-refractivity contribution in [2.75, 3.05) is 17.2 Å². The highest BCUT2D eigenvalue weighted by Crippen LogP contribution is 2.25. The van der Waals surface area contributed by atoms with Gasteiger partial charge in [-0.15, -0.1) is 0 Å². The molecule has 70 heavy (non-hydrogen) atoms. The first-order valence-corrected chi connectivity index (χ1v) is 24.7. The van der Waals surface area contributed by atoms with Crippen LogP contribution in [0.3, 0.4) is 0 Å². The van der Waals surface area contributed by atoms with Crippen LogP contribution in [-0.4, -0.2) is 47.3 Å². The number of ether oxygens (including phenoxy) is 3. The number of hydrogen-bond acceptors (Lipinski definition) is 11. The molecule has 0 radical (unpaired) electrons. The number of hydrogen-bond donors (Lipinski definition) is 5. The van der Waals surface area contributed by atoms with E-state index in [1.54, 1.807) is 78.9 Å². The van der Waals surface area contributed by atoms with E-state index in [9.17, 15) is 36.0 Å². The Morgan fingerprint density at radius 2 is 0.886 bits per heavy atom. The van der Waals surface area contributed by atoms with Gasteiger partial charge in [0, 0.05) is 17.7 Å². The van der Waals surface area contributed by atoms with Crippen molar-refractivity contribution in [2.45, 2.75) is 42.8 Å². The second kappa shape index (κ2) is 25.0. The first-order valence-electron chi connectivity index (χ1n) is 21.7. The summed E-state index contributed by atoms with van der Waals surface area (Å²) in [5.41, 5.74) is 2.58. The summed E-state index contributed by atoms with van der Waals surface area (Å²) in [5, 5.41) is 7.70. The lowest BCUT2D eigenvalue weighted by molar-refractivity contribution is 0.101. The topological polar surface area (TPSA) is 224 Å². The van der Waals surface area contributed by atoms with Crippen molar-refractivity contribution in [1.82, 2.24) is 14.8 Å². The fraction of sp³-hybridized carbons (Fsp3) is 0.115. The highest BCUT2D eigenvalue weighted by atomic mass is 32.2. The summed E-state index contributed by atoms with van der Waals surface area (Å²) >= 11 is 0. The number of carbonyl (C=O) groups excluding carboxylic acids is 4. The van der Waals surface area contributed by atoms with Crippen LogP contribution in [0.15, 0.2) is 198 Å². The number of carbonyl (C=O) groups is 4. The van der Waals surface area contributed by atoms with Gasteiger partial charge in [-0.3, -0.25) is 9.59 Å². The van der Waals surface area contributed by atoms with Gasteiger partial charge in [-0.05, 0) is 90.3 Å². The molecule has 0 saturated heterocycles. The standard InChI is InChI=1S/C27H22N2O6S.C25H27N3O5S/c30-26(21-12-9-15-23(18-21)34-19-20-10-3-1-4-11-20)28-24-16-7-8-17-25(24)36(32,33)29-27(31)35-22-13-5-2-6-14-22;1-2-3-16-26-25(30)28-34(31,32)23-15-8-7-14-22(23)27-24(29)20-12-9-13-21(17-20)33-18-19-10-5-4-6-11-19/h1-18H,19H2,(H,28,30)(H,29,31);4-15,17H,2-3,16,18H2,1H3,(H,27,29)(H2,26,28,30). The maximum absolute atomic E-state index is 12.9. The van der Waals surface area contributed by atoms with Gasteiger partial charge in [-0.2, -0.15) is 0 Å². The van der Waals surface area contributed by atoms with Crippen LogP contribution in [-0.2, 0) is 33.3 Å². The number of rotatable bonds is 18. The highest BCUT2D eigenvalue weighted by Gasteiger charge is 2.25. The largest absolute Gasteiger partial charge is 0.489 e. The number of amides is 5. The van der Waals surface area contributed by atoms with Gasteiger partial charge in [0.2, 0.25) is 0 Å². The van der Waals surface area contributed by atoms with E-state index >= 15 is 0 Å². The first-order chi connectivity index (χ1) is 33.8. The van der Waals surface area contributed by atoms with E-state index in [0.29, 0.717) is 36.8 Å². The average molecular weight is 984 g/mol. The molecule has 7 aromatic rings. The van der Waals surface area contributed by atoms with Gasteiger partial charge in [-0.25, -0.2) is 35.9 Å². The first kappa shape index (κ1) is 50.9. The summed E-state index contributed by atoms with van der Waals surface area (Å²) < 4.78 is 71.6. The van der Waals surface area contributed by atoms with Crippen molar-refractivity contribution in [3.63, 3.8) is 0 Å². The zero-order chi connectivity index (χ0) is 49.8. The maximum atomic E-state index is 12.9. The Morgan fingerprint density at radius 3 is 1.36 bits per heavy atom. The third-order valence-electron chi connectivity index (χ3n) is 9.75. The Bertz CT molecular complexity index is 3110. The lowest BCUT2D eigenvalue weighted by Crippen LogP contribution is -2.40. The zero-order valence-corrected chi connectivity index (χ0v) is 39.4. The minimum Gasteiger partial charge on any atom is -0.489 e. The van der Waals surface area contributed by atoms with Crippen LogP contribution in [0.25, 0.3) is 0 Å². The van der Waals surface area contributed by atoms with Crippen LogP contribution in [0.2, 0.25) is 0 Å². The molecule has 360 valence electrons. The number of benzene rings is 7. The number of unbranched alkanes of at least 4 members (excludes halogenated alkanes) is 1. The van der Waals surface area contributed by atoms with Gasteiger partial charge in [0.25, 0.3) is 31.9 Å². The van der Waals surface area contributed by atoms with Crippen molar-refractivity contribution in [3.05, 3.63) is 210 Å². The van der Waals surface area contributed by atoms with E-state index < -0.39 is 44.0 Å². The van der Waals surface area contributed by atoms with Crippen LogP contribution in [0, 0.1) is 0 Å². The van der Waals surface area contributed by atoms with E-state index in [0.717, 1.165) is 24.0 Å². The molecule has 0 aromatic heterocycles. The summed E-state index contributed by atoms with van der Waals surface area (Å²) in [6.45, 7) is 3.00. The molecule has 7 rings (SSSR count). The van der Waals surface area contributed by atoms with E-state index in [4.69, 9.17) is 14.2 Å². The third kappa shape index (κ3) is 15.5. The summed E-state index contributed by atoms with van der Waals surface area (Å²) in [6.07, 6.45) is 0.417. The van der Waals surface area contributed by atoms with E-state index in [2.05, 4.69) is 16.0 Å². The summed E-state index contributed by atoms with van der Waals surface area (Å²) in [7, 11) is -8.55. The van der Waals surface area contributed by atoms with Crippen molar-refractivity contribution >= 4 is 55.4 Å². The zero-order valence-electron chi connectivity index (χ0n) is 37.7. The van der Waals surface area contributed by atoms with Gasteiger partial charge in [0.1, 0.15) is 40.3 Å². The van der Waals surface area contributed by atoms with Gasteiger partial charge >= 0.3 is 12.1 Å². The van der Waals surface area contributed by atoms with Crippen molar-refractivity contribution in [1.29, 1.82) is 0 Å². The molecule has 0 aliphatic carbocycles. The Kier molecular flexibility index (Phi) is 18.2. The molecule has 5 amide bonds. The molecule has 0 aliphatic heterocycles. The second-order valence-electron chi connectivity index (χ2n) is 15.0. The molecule has 5 N–H and O–H groups in total. The molecule has 0 saturated carbocycles. The predicted molar refractivity (Wildman–Crippen MR) is 265 cm³/mol. The molecule has 0 aliphatic rings. The van der Waals surface area contributed by atoms with E-state index in [-0.39, 0.29) is 32.5 Å². The predicted octanol–water partition coefficient (Wildman–Crippen LogP) is 9.30. The van der Waals surface area contributed by atoms with Crippen molar-refractivity contribution in [2.24, 2.45) is 0 Å². The molecular weight excluding hydrogens is 935 g/mol. The molecule has 0 unspecified atom stereocenters. The number of sulfonamides is 2. The van der Waals surface area contributed by atoms with Gasteiger partial charge in [0.15, 0.2) is 0 Å². The minimum atomic E-state index is -4.35. The molecule has 0 atom stereocenters. The second-order valence-corrected chi connectivity index (χ2v) is 18.3. The fourth-order valence-electron chi connectivity index (χ4n) is 6.31. The van der Waals surface area contributed by atoms with Gasteiger partial charge in [-0.1, -0.05) is 129 Å². The lowest BCUT2D eigenvalue weighted by atomic mass is 10.2. The van der Waals surface area contributed by atoms with Crippen LogP contribution in [0.1, 0.15) is 51.6 Å². The summed E-state index contributed by atoms with van der Waals surface area (Å²) in [6, 6.07) is 51.1. The molecule has 18 heteroatoms. The Labute approximate surface area is 406 Å². The van der Waals surface area contributed by atoms with Crippen LogP contribution in [0.4, 0.5) is 21.0 Å². The smallest absolute Gasteiger partial charge is 0.426 e. The minimum absolute atomic E-state index is 0.00174. The van der Waals surface area contributed by atoms with Gasteiger partial charge in [0.05, 0.1) is 11.4 Å². The molecule has 16 nitrogen and oxygen atoms in total. The molecular formula is C52H49N5O11S2. The number of nitrogens with one attached hydrogen (secondary N) is 5. The van der Waals surface area contributed by atoms with Crippen LogP contribution < -0.4 is 39.6 Å². The molecule has 7 aromatic carbocycles. The van der Waals surface area contributed by atoms with Crippen LogP contribution in [0.5, 0.6) is 17.2 Å². The Hall–Kier alpha value is -8.48. The molecule has 0 spiro atoms. The van der Waals surface area contributed by atoms with Crippen LogP contribution >= 0.6 is 0 Å². The monoisotopic (exact) mass is 983 g/mol. The number of anilines is 2. The quantitative estimate of drug-likeness (QED) is 0.0510. The summed E-state index contributed by atoms with van der Waals surface area (Å²) in [4.78, 5) is 49.4. The van der Waals surface area contributed by atoms with E-state index in [1.807, 2.05) is 77.0 Å². The molecule has 0 bridgehead atoms. The molecule has 0 heterocycles. The molecule has 0 fully saturated rings. The van der Waals surface area contributed by atoms with Gasteiger partial charge < -0.3 is 30.2 Å². The maximum Gasteiger partial charge on any atom is 0.426 e. The highest BCUT2D eigenvalue weighted by molar-refractivity contribution is 7.90. The normalized spacial score (nSPS) is 10.8. The third-order valence-corrected chi connectivity index (χ3v) is 12.5. The number of para-hydroxylation sites is 3. The summed E-state index contributed by atoms with van der Waals surface area (Å²) in [5.74, 6) is 0.108. The van der Waals surface area contributed by atoms with Crippen molar-refractivity contribution < 1.29 is 50.2 Å². The average Bonchev–Trinajstić information content (AvgIpc) is 3.36. The fourth-order valence-corrected chi connectivity index (χ4v) is 8.44. The Morgan fingerprint density at radius 1 is 0.471 bits per heavy atom. The SMILES string of the molecule is CCCCNC(=O)NS(=O)(=O)c1ccccc1NC(=O)c1cccc(OCc2ccccc2)c1.O=C(NS(=O)(=O)c1ccccc1NC(=O)c1cccc(OCc2ccccc2)c1)Oc1ccccc1. The Balaban J connectivity index is 0.000000230. The number of urea groups is 1. The van der Waals surface area contributed by atoms with Crippen molar-refractivity contribution in [3.8, 4) is 17.2 Å². The van der Waals surface area contributed by atoms with E-state index in [1.165, 1.54) is 48.5 Å².